The third-order valence-electron chi connectivity index (χ3n) is 6.08. The van der Waals surface area contributed by atoms with Gasteiger partial charge in [-0.25, -0.2) is 4.99 Å². The number of carbonyl (C=O) groups is 1. The Morgan fingerprint density at radius 1 is 1.42 bits per heavy atom. The molecule has 5 nitrogen and oxygen atoms in total. The summed E-state index contributed by atoms with van der Waals surface area (Å²) in [5.41, 5.74) is 2.44. The molecule has 2 heterocycles. The molecule has 0 spiro atoms. The summed E-state index contributed by atoms with van der Waals surface area (Å²) >= 11 is 9.77. The number of halogens is 2. The molecule has 174 valence electrons. The van der Waals surface area contributed by atoms with E-state index >= 15 is 0 Å². The Labute approximate surface area is 216 Å². The van der Waals surface area contributed by atoms with E-state index in [0.717, 1.165) is 24.8 Å². The number of phenols is 1. The first-order valence-corrected chi connectivity index (χ1v) is 13.1. The number of phenolic OH excluding ortho intramolecular Hbond substituents is 1. The summed E-state index contributed by atoms with van der Waals surface area (Å²) in [4.78, 5) is 19.2. The number of hydrogen-bond acceptors (Lipinski definition) is 5. The molecule has 4 rings (SSSR count). The predicted molar refractivity (Wildman–Crippen MR) is 142 cm³/mol. The lowest BCUT2D eigenvalue weighted by Gasteiger charge is -2.33. The van der Waals surface area contributed by atoms with Crippen LogP contribution in [0.1, 0.15) is 59.3 Å². The van der Waals surface area contributed by atoms with Gasteiger partial charge in [0.1, 0.15) is 16.5 Å². The SMILES string of the molecule is CC(C)(C)[C@@H]1CCc2c(sc(N=Cc3cc(Cl)cc(I)c3O)c2C(=O)NCc2ccco2)C1. The lowest BCUT2D eigenvalue weighted by molar-refractivity contribution is 0.0947. The van der Waals surface area contributed by atoms with Gasteiger partial charge in [0.05, 0.1) is 21.9 Å². The minimum atomic E-state index is -0.157. The lowest BCUT2D eigenvalue weighted by atomic mass is 9.72. The number of carbonyl (C=O) groups excluding carboxylic acids is 1. The molecule has 8 heteroatoms. The van der Waals surface area contributed by atoms with Gasteiger partial charge in [-0.2, -0.15) is 0 Å². The molecule has 3 aromatic rings. The summed E-state index contributed by atoms with van der Waals surface area (Å²) in [6.45, 7) is 7.14. The lowest BCUT2D eigenvalue weighted by Crippen LogP contribution is -2.28. The Balaban J connectivity index is 1.69. The van der Waals surface area contributed by atoms with Crippen LogP contribution in [-0.4, -0.2) is 17.2 Å². The van der Waals surface area contributed by atoms with Crippen LogP contribution in [0.25, 0.3) is 0 Å². The number of hydrogen-bond donors (Lipinski definition) is 2. The zero-order chi connectivity index (χ0) is 23.8. The quantitative estimate of drug-likeness (QED) is 0.243. The largest absolute Gasteiger partial charge is 0.506 e. The van der Waals surface area contributed by atoms with Gasteiger partial charge in [-0.3, -0.25) is 4.79 Å². The van der Waals surface area contributed by atoms with E-state index in [1.807, 2.05) is 28.7 Å². The average Bonchev–Trinajstić information content (AvgIpc) is 3.39. The van der Waals surface area contributed by atoms with Crippen molar-refractivity contribution < 1.29 is 14.3 Å². The van der Waals surface area contributed by atoms with Crippen molar-refractivity contribution in [3.05, 3.63) is 66.4 Å². The van der Waals surface area contributed by atoms with Crippen LogP contribution in [0.4, 0.5) is 5.00 Å². The van der Waals surface area contributed by atoms with Crippen molar-refractivity contribution in [2.75, 3.05) is 0 Å². The number of rotatable bonds is 5. The first-order chi connectivity index (χ1) is 15.6. The number of fused-ring (bicyclic) bond motifs is 1. The molecule has 1 amide bonds. The maximum Gasteiger partial charge on any atom is 0.255 e. The Hall–Kier alpha value is -1.84. The molecule has 0 unspecified atom stereocenters. The average molecular weight is 597 g/mol. The number of furan rings is 1. The van der Waals surface area contributed by atoms with Gasteiger partial charge in [0.15, 0.2) is 0 Å². The fraction of sp³-hybridized carbons (Fsp3) is 0.360. The minimum absolute atomic E-state index is 0.127. The molecule has 0 saturated heterocycles. The van der Waals surface area contributed by atoms with Crippen LogP contribution in [0.2, 0.25) is 5.02 Å². The monoisotopic (exact) mass is 596 g/mol. The fourth-order valence-corrected chi connectivity index (χ4v) is 6.44. The second kappa shape index (κ2) is 9.80. The summed E-state index contributed by atoms with van der Waals surface area (Å²) in [5.74, 6) is 1.22. The van der Waals surface area contributed by atoms with E-state index in [1.54, 1.807) is 42.0 Å². The van der Waals surface area contributed by atoms with Gasteiger partial charge in [-0.15, -0.1) is 11.3 Å². The van der Waals surface area contributed by atoms with Gasteiger partial charge < -0.3 is 14.8 Å². The second-order valence-electron chi connectivity index (χ2n) is 9.34. The zero-order valence-electron chi connectivity index (χ0n) is 18.7. The summed E-state index contributed by atoms with van der Waals surface area (Å²) in [7, 11) is 0. The summed E-state index contributed by atoms with van der Waals surface area (Å²) in [5, 5.41) is 14.6. The number of thiophene rings is 1. The van der Waals surface area contributed by atoms with Crippen molar-refractivity contribution in [3.8, 4) is 5.75 Å². The summed E-state index contributed by atoms with van der Waals surface area (Å²) in [6, 6.07) is 7.00. The molecule has 0 fully saturated rings. The molecule has 33 heavy (non-hydrogen) atoms. The molecule has 1 aliphatic carbocycles. The normalized spacial score (nSPS) is 16.2. The van der Waals surface area contributed by atoms with Crippen LogP contribution < -0.4 is 5.32 Å². The molecule has 0 radical (unpaired) electrons. The molecule has 0 bridgehead atoms. The number of amides is 1. The van der Waals surface area contributed by atoms with Crippen LogP contribution in [0.15, 0.2) is 39.9 Å². The number of aromatic hydroxyl groups is 1. The summed E-state index contributed by atoms with van der Waals surface area (Å²) < 4.78 is 6.00. The van der Waals surface area contributed by atoms with Crippen LogP contribution >= 0.6 is 45.5 Å². The number of benzene rings is 1. The molecule has 0 saturated carbocycles. The Bertz CT molecular complexity index is 1200. The highest BCUT2D eigenvalue weighted by atomic mass is 127. The fourth-order valence-electron chi connectivity index (χ4n) is 4.12. The molecule has 1 aromatic carbocycles. The van der Waals surface area contributed by atoms with Gasteiger partial charge in [-0.05, 0) is 83.0 Å². The van der Waals surface area contributed by atoms with Gasteiger partial charge in [0.2, 0.25) is 0 Å². The first-order valence-electron chi connectivity index (χ1n) is 10.8. The molecular formula is C25H26ClIN2O3S. The third-order valence-corrected chi connectivity index (χ3v) is 8.28. The Morgan fingerprint density at radius 2 is 2.21 bits per heavy atom. The molecule has 2 aromatic heterocycles. The van der Waals surface area contributed by atoms with Gasteiger partial charge in [0.25, 0.3) is 5.91 Å². The molecular weight excluding hydrogens is 571 g/mol. The zero-order valence-corrected chi connectivity index (χ0v) is 22.5. The van der Waals surface area contributed by atoms with Crippen molar-refractivity contribution >= 4 is 62.7 Å². The van der Waals surface area contributed by atoms with Crippen molar-refractivity contribution in [2.45, 2.75) is 46.6 Å². The molecule has 1 aliphatic rings. The third kappa shape index (κ3) is 5.46. The van der Waals surface area contributed by atoms with Gasteiger partial charge in [0, 0.05) is 21.7 Å². The van der Waals surface area contributed by atoms with Crippen molar-refractivity contribution in [3.63, 3.8) is 0 Å². The minimum Gasteiger partial charge on any atom is -0.506 e. The molecule has 0 aliphatic heterocycles. The highest BCUT2D eigenvalue weighted by molar-refractivity contribution is 14.1. The van der Waals surface area contributed by atoms with Crippen LogP contribution in [0.3, 0.4) is 0 Å². The van der Waals surface area contributed by atoms with Crippen LogP contribution in [0, 0.1) is 14.9 Å². The Kier molecular flexibility index (Phi) is 7.21. The highest BCUT2D eigenvalue weighted by Crippen LogP contribution is 2.45. The topological polar surface area (TPSA) is 74.8 Å². The standard InChI is InChI=1S/C25H26ClIN2O3S/c1-25(2,3)15-6-7-18-20(10-15)33-24(21(18)23(31)28-13-17-5-4-8-32-17)29-12-14-9-16(26)11-19(27)22(14)30/h4-5,8-9,11-12,15,30H,6-7,10,13H2,1-3H3,(H,28,31)/t15-/m1/s1. The van der Waals surface area contributed by atoms with E-state index in [4.69, 9.17) is 16.0 Å². The van der Waals surface area contributed by atoms with Crippen LogP contribution in [0.5, 0.6) is 5.75 Å². The Morgan fingerprint density at radius 3 is 2.91 bits per heavy atom. The van der Waals surface area contributed by atoms with E-state index in [2.05, 4.69) is 31.1 Å². The van der Waals surface area contributed by atoms with E-state index in [9.17, 15) is 9.90 Å². The van der Waals surface area contributed by atoms with Crippen LogP contribution in [-0.2, 0) is 19.4 Å². The maximum absolute atomic E-state index is 13.3. The highest BCUT2D eigenvalue weighted by Gasteiger charge is 2.33. The smallest absolute Gasteiger partial charge is 0.255 e. The van der Waals surface area contributed by atoms with Gasteiger partial charge in [-0.1, -0.05) is 32.4 Å². The molecule has 2 N–H and O–H groups in total. The second-order valence-corrected chi connectivity index (χ2v) is 12.0. The van der Waals surface area contributed by atoms with E-state index < -0.39 is 0 Å². The van der Waals surface area contributed by atoms with Gasteiger partial charge >= 0.3 is 0 Å². The van der Waals surface area contributed by atoms with E-state index in [0.29, 0.717) is 42.9 Å². The van der Waals surface area contributed by atoms with Crippen molar-refractivity contribution in [1.29, 1.82) is 0 Å². The first kappa shape index (κ1) is 24.3. The predicted octanol–water partition coefficient (Wildman–Crippen LogP) is 7.14. The maximum atomic E-state index is 13.3. The number of aliphatic imine (C=N–C) groups is 1. The van der Waals surface area contributed by atoms with E-state index in [1.165, 1.54) is 4.88 Å². The van der Waals surface area contributed by atoms with E-state index in [-0.39, 0.29) is 17.1 Å². The number of nitrogens with zero attached hydrogens (tertiary/aromatic N) is 1. The van der Waals surface area contributed by atoms with Crippen molar-refractivity contribution in [1.82, 2.24) is 5.32 Å². The summed E-state index contributed by atoms with van der Waals surface area (Å²) in [6.07, 6.45) is 6.02. The van der Waals surface area contributed by atoms with Crippen molar-refractivity contribution in [2.24, 2.45) is 16.3 Å². The number of nitrogens with one attached hydrogen (secondary N) is 1. The molecule has 1 atom stereocenters.